The van der Waals surface area contributed by atoms with Gasteiger partial charge >= 0.3 is 11.8 Å². The quantitative estimate of drug-likeness (QED) is 0.454. The minimum Gasteiger partial charge on any atom is -0.493 e. The lowest BCUT2D eigenvalue weighted by atomic mass is 10.2. The summed E-state index contributed by atoms with van der Waals surface area (Å²) >= 11 is 3.29. The largest absolute Gasteiger partial charge is 0.493 e. The molecule has 0 saturated heterocycles. The number of hydrazone groups is 1. The van der Waals surface area contributed by atoms with Gasteiger partial charge in [0.2, 0.25) is 0 Å². The molecule has 7 nitrogen and oxygen atoms in total. The van der Waals surface area contributed by atoms with E-state index in [1.165, 1.54) is 20.4 Å². The maximum absolute atomic E-state index is 11.8. The number of ether oxygens (including phenoxy) is 2. The van der Waals surface area contributed by atoms with Gasteiger partial charge in [0.25, 0.3) is 0 Å². The van der Waals surface area contributed by atoms with Crippen molar-refractivity contribution in [1.82, 2.24) is 5.43 Å². The average Bonchev–Trinajstić information content (AvgIpc) is 2.63. The van der Waals surface area contributed by atoms with Crippen LogP contribution in [-0.2, 0) is 9.59 Å². The highest BCUT2D eigenvalue weighted by Crippen LogP contribution is 2.26. The zero-order valence-electron chi connectivity index (χ0n) is 13.6. The van der Waals surface area contributed by atoms with Crippen molar-refractivity contribution < 1.29 is 19.1 Å². The summed E-state index contributed by atoms with van der Waals surface area (Å²) in [6.07, 6.45) is 1.40. The Hall–Kier alpha value is -2.87. The molecule has 0 bridgehead atoms. The molecule has 8 heteroatoms. The molecule has 2 aromatic rings. The first kappa shape index (κ1) is 18.5. The third-order valence-electron chi connectivity index (χ3n) is 3.10. The fourth-order valence-corrected chi connectivity index (χ4v) is 2.13. The highest BCUT2D eigenvalue weighted by atomic mass is 79.9. The van der Waals surface area contributed by atoms with E-state index in [-0.39, 0.29) is 0 Å². The number of carbonyl (C=O) groups is 2. The summed E-state index contributed by atoms with van der Waals surface area (Å²) in [5, 5.41) is 6.23. The van der Waals surface area contributed by atoms with Gasteiger partial charge in [0, 0.05) is 10.2 Å². The zero-order valence-corrected chi connectivity index (χ0v) is 15.2. The van der Waals surface area contributed by atoms with Crippen molar-refractivity contribution in [2.45, 2.75) is 0 Å². The monoisotopic (exact) mass is 405 g/mol. The van der Waals surface area contributed by atoms with Crippen molar-refractivity contribution in [3.8, 4) is 11.5 Å². The van der Waals surface area contributed by atoms with Gasteiger partial charge in [-0.1, -0.05) is 15.9 Å². The Morgan fingerprint density at radius 1 is 1.00 bits per heavy atom. The Labute approximate surface area is 153 Å². The molecule has 25 heavy (non-hydrogen) atoms. The van der Waals surface area contributed by atoms with Crippen molar-refractivity contribution in [2.24, 2.45) is 5.10 Å². The van der Waals surface area contributed by atoms with Crippen molar-refractivity contribution in [3.63, 3.8) is 0 Å². The van der Waals surface area contributed by atoms with Crippen LogP contribution in [0.2, 0.25) is 0 Å². The highest BCUT2D eigenvalue weighted by molar-refractivity contribution is 9.10. The molecule has 0 unspecified atom stereocenters. The molecule has 0 spiro atoms. The van der Waals surface area contributed by atoms with Crippen LogP contribution in [0.25, 0.3) is 0 Å². The van der Waals surface area contributed by atoms with Gasteiger partial charge < -0.3 is 14.8 Å². The predicted molar refractivity (Wildman–Crippen MR) is 98.1 cm³/mol. The van der Waals surface area contributed by atoms with Crippen molar-refractivity contribution in [3.05, 3.63) is 52.5 Å². The van der Waals surface area contributed by atoms with Gasteiger partial charge in [-0.2, -0.15) is 5.10 Å². The molecule has 2 N–H and O–H groups in total. The minimum atomic E-state index is -0.875. The molecular formula is C17H16BrN3O4. The Morgan fingerprint density at radius 3 is 2.32 bits per heavy atom. The Balaban J connectivity index is 1.93. The zero-order chi connectivity index (χ0) is 18.2. The summed E-state index contributed by atoms with van der Waals surface area (Å²) in [6.45, 7) is 0. The smallest absolute Gasteiger partial charge is 0.329 e. The molecular weight excluding hydrogens is 390 g/mol. The van der Waals surface area contributed by atoms with Crippen LogP contribution >= 0.6 is 15.9 Å². The van der Waals surface area contributed by atoms with E-state index in [2.05, 4.69) is 31.8 Å². The number of nitrogens with one attached hydrogen (secondary N) is 2. The number of nitrogens with zero attached hydrogens (tertiary/aromatic N) is 1. The third-order valence-corrected chi connectivity index (χ3v) is 3.62. The van der Waals surface area contributed by atoms with E-state index in [1.807, 2.05) is 0 Å². The summed E-state index contributed by atoms with van der Waals surface area (Å²) in [5.41, 5.74) is 3.34. The van der Waals surface area contributed by atoms with Crippen LogP contribution in [0, 0.1) is 0 Å². The number of halogens is 1. The second-order valence-corrected chi connectivity index (χ2v) is 5.69. The third kappa shape index (κ3) is 5.32. The molecule has 2 rings (SSSR count). The molecule has 0 radical (unpaired) electrons. The lowest BCUT2D eigenvalue weighted by Crippen LogP contribution is -2.32. The first-order valence-electron chi connectivity index (χ1n) is 7.15. The lowest BCUT2D eigenvalue weighted by Gasteiger charge is -2.07. The number of benzene rings is 2. The first-order chi connectivity index (χ1) is 12.0. The average molecular weight is 406 g/mol. The summed E-state index contributed by atoms with van der Waals surface area (Å²) in [7, 11) is 3.06. The maximum atomic E-state index is 11.8. The van der Waals surface area contributed by atoms with Gasteiger partial charge in [-0.05, 0) is 48.0 Å². The van der Waals surface area contributed by atoms with E-state index < -0.39 is 11.8 Å². The predicted octanol–water partition coefficient (Wildman–Crippen LogP) is 2.56. The summed E-state index contributed by atoms with van der Waals surface area (Å²) in [4.78, 5) is 23.5. The van der Waals surface area contributed by atoms with Crippen molar-refractivity contribution in [2.75, 3.05) is 19.5 Å². The molecule has 0 aliphatic carbocycles. The van der Waals surface area contributed by atoms with Crippen molar-refractivity contribution in [1.29, 1.82) is 0 Å². The van der Waals surface area contributed by atoms with E-state index in [9.17, 15) is 9.59 Å². The Morgan fingerprint density at radius 2 is 1.68 bits per heavy atom. The van der Waals surface area contributed by atoms with Crippen LogP contribution in [0.5, 0.6) is 11.5 Å². The van der Waals surface area contributed by atoms with Gasteiger partial charge in [-0.3, -0.25) is 9.59 Å². The number of hydrogen-bond donors (Lipinski definition) is 2. The number of amides is 2. The van der Waals surface area contributed by atoms with E-state index in [0.717, 1.165) is 4.47 Å². The topological polar surface area (TPSA) is 89.0 Å². The molecule has 0 saturated carbocycles. The number of hydrogen-bond acceptors (Lipinski definition) is 5. The van der Waals surface area contributed by atoms with Gasteiger partial charge in [0.1, 0.15) is 0 Å². The molecule has 0 heterocycles. The minimum absolute atomic E-state index is 0.507. The number of carbonyl (C=O) groups excluding carboxylic acids is 2. The Kier molecular flexibility index (Phi) is 6.53. The van der Waals surface area contributed by atoms with Crippen LogP contribution < -0.4 is 20.2 Å². The van der Waals surface area contributed by atoms with Gasteiger partial charge in [0.15, 0.2) is 11.5 Å². The number of methoxy groups -OCH3 is 2. The van der Waals surface area contributed by atoms with E-state index in [1.54, 1.807) is 42.5 Å². The van der Waals surface area contributed by atoms with Crippen LogP contribution in [0.15, 0.2) is 52.0 Å². The van der Waals surface area contributed by atoms with Crippen LogP contribution in [0.4, 0.5) is 5.69 Å². The van der Waals surface area contributed by atoms with Crippen molar-refractivity contribution >= 4 is 39.6 Å². The van der Waals surface area contributed by atoms with Crippen LogP contribution in [0.3, 0.4) is 0 Å². The molecule has 0 aliphatic rings. The summed E-state index contributed by atoms with van der Waals surface area (Å²) in [5.74, 6) is -0.574. The number of anilines is 1. The van der Waals surface area contributed by atoms with Crippen LogP contribution in [0.1, 0.15) is 5.56 Å². The molecule has 130 valence electrons. The van der Waals surface area contributed by atoms with E-state index >= 15 is 0 Å². The maximum Gasteiger partial charge on any atom is 0.329 e. The fraction of sp³-hybridized carbons (Fsp3) is 0.118. The van der Waals surface area contributed by atoms with E-state index in [0.29, 0.717) is 22.7 Å². The second-order valence-electron chi connectivity index (χ2n) is 4.77. The molecule has 2 amide bonds. The molecule has 0 atom stereocenters. The molecule has 0 aromatic heterocycles. The second kappa shape index (κ2) is 8.84. The molecule has 0 aliphatic heterocycles. The molecule has 0 fully saturated rings. The normalized spacial score (nSPS) is 10.4. The van der Waals surface area contributed by atoms with Gasteiger partial charge in [0.05, 0.1) is 20.4 Å². The van der Waals surface area contributed by atoms with Gasteiger partial charge in [-0.25, -0.2) is 5.43 Å². The van der Waals surface area contributed by atoms with E-state index in [4.69, 9.17) is 9.47 Å². The first-order valence-corrected chi connectivity index (χ1v) is 7.94. The Bertz CT molecular complexity index is 791. The lowest BCUT2D eigenvalue weighted by molar-refractivity contribution is -0.136. The van der Waals surface area contributed by atoms with Crippen LogP contribution in [-0.4, -0.2) is 32.2 Å². The summed E-state index contributed by atoms with van der Waals surface area (Å²) in [6, 6.07) is 12.0. The number of rotatable bonds is 5. The SMILES string of the molecule is COc1ccc(C=NNC(=O)C(=O)Nc2ccc(Br)cc2)cc1OC. The van der Waals surface area contributed by atoms with Gasteiger partial charge in [-0.15, -0.1) is 0 Å². The molecule has 2 aromatic carbocycles. The highest BCUT2D eigenvalue weighted by Gasteiger charge is 2.12. The fourth-order valence-electron chi connectivity index (χ4n) is 1.87. The summed E-state index contributed by atoms with van der Waals surface area (Å²) < 4.78 is 11.2. The standard InChI is InChI=1S/C17H16BrN3O4/c1-24-14-8-3-11(9-15(14)25-2)10-19-21-17(23)16(22)20-13-6-4-12(18)5-7-13/h3-10H,1-2H3,(H,20,22)(H,21,23).